The molecular weight excluding hydrogens is 139 g/mol. The molecule has 1 heteroatoms. The fourth-order valence-electron chi connectivity index (χ4n) is 1.24. The zero-order valence-corrected chi connectivity index (χ0v) is 8.96. The van der Waals surface area contributed by atoms with Crippen LogP contribution in [0.5, 0.6) is 0 Å². The third kappa shape index (κ3) is 3.56. The fraction of sp³-hybridized carbons (Fsp3) is 1.00. The largest absolute Gasteiger partial charge is 0.101 e. The zero-order chi connectivity index (χ0) is 8.20. The van der Waals surface area contributed by atoms with E-state index < -0.39 is 0 Å². The van der Waals surface area contributed by atoms with Crippen LogP contribution in [-0.2, 0) is 0 Å². The monoisotopic (exact) mass is 160 g/mol. The average Bonchev–Trinajstić information content (AvgIpc) is 1.80. The molecule has 0 aliphatic heterocycles. The lowest BCUT2D eigenvalue weighted by Gasteiger charge is -2.30. The summed E-state index contributed by atoms with van der Waals surface area (Å²) in [5.74, 6) is 0. The lowest BCUT2D eigenvalue weighted by Crippen LogP contribution is -2.14. The van der Waals surface area contributed by atoms with E-state index in [0.29, 0.717) is 13.1 Å². The van der Waals surface area contributed by atoms with Crippen molar-refractivity contribution in [3.63, 3.8) is 0 Å². The van der Waals surface area contributed by atoms with Crippen molar-refractivity contribution >= 4 is 7.92 Å². The first-order valence-electron chi connectivity index (χ1n) is 4.27. The van der Waals surface area contributed by atoms with E-state index in [1.165, 1.54) is 18.7 Å². The number of hydrogen-bond acceptors (Lipinski definition) is 0. The summed E-state index contributed by atoms with van der Waals surface area (Å²) in [6, 6.07) is 0. The smallest absolute Gasteiger partial charge is 0.0179 e. The highest BCUT2D eigenvalue weighted by Crippen LogP contribution is 2.48. The van der Waals surface area contributed by atoms with E-state index in [-0.39, 0.29) is 0 Å². The van der Waals surface area contributed by atoms with Gasteiger partial charge in [-0.3, -0.25) is 0 Å². The summed E-state index contributed by atoms with van der Waals surface area (Å²) in [6.45, 7) is 11.7. The van der Waals surface area contributed by atoms with Gasteiger partial charge in [0.2, 0.25) is 0 Å². The second-order valence-electron chi connectivity index (χ2n) is 3.75. The molecule has 0 rings (SSSR count). The second-order valence-corrected chi connectivity index (χ2v) is 7.25. The third-order valence-corrected chi connectivity index (χ3v) is 5.47. The van der Waals surface area contributed by atoms with Crippen molar-refractivity contribution in [2.45, 2.75) is 46.2 Å². The van der Waals surface area contributed by atoms with Crippen LogP contribution in [0.15, 0.2) is 0 Å². The molecular formula is C9H21P. The average molecular weight is 160 g/mol. The molecule has 0 aromatic rings. The predicted octanol–water partition coefficient (Wildman–Crippen LogP) is 3.70. The molecule has 0 aliphatic rings. The van der Waals surface area contributed by atoms with Gasteiger partial charge in [-0.1, -0.05) is 41.0 Å². The molecule has 0 aromatic carbocycles. The Labute approximate surface area is 67.2 Å². The minimum atomic E-state index is 0.300. The molecule has 0 N–H and O–H groups in total. The molecule has 0 aromatic heterocycles. The molecule has 0 saturated carbocycles. The van der Waals surface area contributed by atoms with Crippen LogP contribution in [0.1, 0.15) is 41.0 Å². The quantitative estimate of drug-likeness (QED) is 0.552. The maximum Gasteiger partial charge on any atom is -0.0179 e. The van der Waals surface area contributed by atoms with Gasteiger partial charge in [0.05, 0.1) is 0 Å². The Morgan fingerprint density at radius 2 is 1.60 bits per heavy atom. The highest BCUT2D eigenvalue weighted by atomic mass is 31.1. The lowest BCUT2D eigenvalue weighted by molar-refractivity contribution is 0.776. The minimum absolute atomic E-state index is 0.300. The molecule has 0 aliphatic carbocycles. The van der Waals surface area contributed by atoms with Crippen molar-refractivity contribution in [1.82, 2.24) is 0 Å². The fourth-order valence-corrected chi connectivity index (χ4v) is 3.71. The van der Waals surface area contributed by atoms with Crippen LogP contribution in [0, 0.1) is 0 Å². The molecule has 0 bridgehead atoms. The van der Waals surface area contributed by atoms with Gasteiger partial charge in [-0.25, -0.2) is 0 Å². The van der Waals surface area contributed by atoms with Gasteiger partial charge in [0.25, 0.3) is 0 Å². The molecule has 1 unspecified atom stereocenters. The van der Waals surface area contributed by atoms with Crippen LogP contribution in [0.2, 0.25) is 0 Å². The normalized spacial score (nSPS) is 15.3. The lowest BCUT2D eigenvalue weighted by atomic mass is 10.3. The van der Waals surface area contributed by atoms with Gasteiger partial charge in [0.1, 0.15) is 0 Å². The molecule has 10 heavy (non-hydrogen) atoms. The Morgan fingerprint density at radius 1 is 1.10 bits per heavy atom. The molecule has 0 heterocycles. The molecule has 0 amide bonds. The van der Waals surface area contributed by atoms with E-state index >= 15 is 0 Å². The van der Waals surface area contributed by atoms with Crippen molar-refractivity contribution in [2.24, 2.45) is 0 Å². The Kier molecular flexibility index (Phi) is 4.52. The summed E-state index contributed by atoms with van der Waals surface area (Å²) >= 11 is 0. The van der Waals surface area contributed by atoms with Crippen molar-refractivity contribution in [1.29, 1.82) is 0 Å². The molecule has 62 valence electrons. The molecule has 1 atom stereocenters. The zero-order valence-electron chi connectivity index (χ0n) is 8.07. The molecule has 0 spiro atoms. The Balaban J connectivity index is 3.81. The van der Waals surface area contributed by atoms with Gasteiger partial charge in [-0.05, 0) is 17.5 Å². The summed E-state index contributed by atoms with van der Waals surface area (Å²) in [6.07, 6.45) is 4.21. The summed E-state index contributed by atoms with van der Waals surface area (Å²) < 4.78 is 0. The van der Waals surface area contributed by atoms with Crippen LogP contribution < -0.4 is 0 Å². The summed E-state index contributed by atoms with van der Waals surface area (Å²) in [5.41, 5.74) is 0. The van der Waals surface area contributed by atoms with Crippen LogP contribution in [-0.4, -0.2) is 17.5 Å². The van der Waals surface area contributed by atoms with E-state index in [9.17, 15) is 0 Å². The van der Waals surface area contributed by atoms with Crippen LogP contribution in [0.3, 0.4) is 0 Å². The highest BCUT2D eigenvalue weighted by Gasteiger charge is 2.20. The van der Waals surface area contributed by atoms with E-state index in [1.54, 1.807) is 0 Å². The summed E-state index contributed by atoms with van der Waals surface area (Å²) in [5, 5.41) is 0.583. The van der Waals surface area contributed by atoms with Crippen LogP contribution in [0.25, 0.3) is 0 Å². The Morgan fingerprint density at radius 3 is 1.70 bits per heavy atom. The minimum Gasteiger partial charge on any atom is -0.101 e. The number of rotatable bonds is 3. The highest BCUT2D eigenvalue weighted by molar-refractivity contribution is 7.59. The standard InChI is InChI=1S/C9H21P/c1-6-8-10(7-2)9(3,4)5/h6-8H2,1-5H3. The van der Waals surface area contributed by atoms with Gasteiger partial charge < -0.3 is 0 Å². The first-order chi connectivity index (χ1) is 4.52. The van der Waals surface area contributed by atoms with E-state index in [4.69, 9.17) is 0 Å². The topological polar surface area (TPSA) is 0 Å². The van der Waals surface area contributed by atoms with Crippen molar-refractivity contribution in [2.75, 3.05) is 12.3 Å². The van der Waals surface area contributed by atoms with E-state index in [2.05, 4.69) is 34.6 Å². The van der Waals surface area contributed by atoms with Gasteiger partial charge in [-0.15, -0.1) is 7.92 Å². The SMILES string of the molecule is CCCP(CC)C(C)(C)C. The summed E-state index contributed by atoms with van der Waals surface area (Å²) in [7, 11) is 0.300. The second kappa shape index (κ2) is 4.34. The van der Waals surface area contributed by atoms with Gasteiger partial charge in [0.15, 0.2) is 0 Å². The Hall–Kier alpha value is 0.430. The van der Waals surface area contributed by atoms with E-state index in [1.807, 2.05) is 0 Å². The first-order valence-corrected chi connectivity index (χ1v) is 5.98. The van der Waals surface area contributed by atoms with Crippen molar-refractivity contribution in [3.8, 4) is 0 Å². The van der Waals surface area contributed by atoms with Gasteiger partial charge >= 0.3 is 0 Å². The van der Waals surface area contributed by atoms with E-state index in [0.717, 1.165) is 0 Å². The Bertz CT molecular complexity index is 81.2. The van der Waals surface area contributed by atoms with Crippen LogP contribution >= 0.6 is 7.92 Å². The maximum absolute atomic E-state index is 2.37. The predicted molar refractivity (Wildman–Crippen MR) is 52.4 cm³/mol. The maximum atomic E-state index is 2.37. The first kappa shape index (κ1) is 10.4. The van der Waals surface area contributed by atoms with Gasteiger partial charge in [-0.2, -0.15) is 0 Å². The van der Waals surface area contributed by atoms with Crippen LogP contribution in [0.4, 0.5) is 0 Å². The molecule has 0 fully saturated rings. The molecule has 0 saturated heterocycles. The third-order valence-electron chi connectivity index (χ3n) is 1.82. The summed E-state index contributed by atoms with van der Waals surface area (Å²) in [4.78, 5) is 0. The molecule has 0 nitrogen and oxygen atoms in total. The van der Waals surface area contributed by atoms with Crippen molar-refractivity contribution < 1.29 is 0 Å². The molecule has 0 radical (unpaired) electrons. The van der Waals surface area contributed by atoms with Gasteiger partial charge in [0, 0.05) is 0 Å². The number of hydrogen-bond donors (Lipinski definition) is 0. The van der Waals surface area contributed by atoms with Crippen molar-refractivity contribution in [3.05, 3.63) is 0 Å².